The summed E-state index contributed by atoms with van der Waals surface area (Å²) in [6, 6.07) is 5.73. The van der Waals surface area contributed by atoms with Gasteiger partial charge in [-0.2, -0.15) is 0 Å². The number of rotatable bonds is 6. The number of amides is 1. The summed E-state index contributed by atoms with van der Waals surface area (Å²) < 4.78 is 0. The maximum absolute atomic E-state index is 11.8. The van der Waals surface area contributed by atoms with Crippen molar-refractivity contribution in [3.05, 3.63) is 23.8 Å². The van der Waals surface area contributed by atoms with E-state index in [-0.39, 0.29) is 5.91 Å². The van der Waals surface area contributed by atoms with E-state index in [9.17, 15) is 4.79 Å². The highest BCUT2D eigenvalue weighted by Crippen LogP contribution is 2.26. The number of likely N-dealkylation sites (N-methyl/N-ethyl adjacent to an activating group) is 2. The number of hydrogen-bond acceptors (Lipinski definition) is 4. The lowest BCUT2D eigenvalue weighted by molar-refractivity contribution is 0.0963. The molecular weight excluding hydrogens is 252 g/mol. The lowest BCUT2D eigenvalue weighted by Crippen LogP contribution is -2.40. The molecule has 0 heterocycles. The van der Waals surface area contributed by atoms with Gasteiger partial charge in [0.25, 0.3) is 5.91 Å². The fraction of sp³-hybridized carbons (Fsp3) is 0.533. The fourth-order valence-corrected chi connectivity index (χ4v) is 2.42. The summed E-state index contributed by atoms with van der Waals surface area (Å²) in [5.74, 6) is -0.0948. The molecule has 112 valence electrons. The van der Waals surface area contributed by atoms with Gasteiger partial charge in [-0.3, -0.25) is 4.79 Å². The molecule has 0 aliphatic heterocycles. The molecule has 1 atom stereocenters. The van der Waals surface area contributed by atoms with Gasteiger partial charge in [0, 0.05) is 31.7 Å². The molecule has 3 N–H and O–H groups in total. The predicted octanol–water partition coefficient (Wildman–Crippen LogP) is 1.40. The summed E-state index contributed by atoms with van der Waals surface area (Å²) in [4.78, 5) is 16.1. The normalized spacial score (nSPS) is 12.3. The second kappa shape index (κ2) is 7.14. The van der Waals surface area contributed by atoms with Crippen LogP contribution in [0.1, 0.15) is 24.2 Å². The lowest BCUT2D eigenvalue weighted by atomic mass is 10.1. The first-order valence-electron chi connectivity index (χ1n) is 6.93. The van der Waals surface area contributed by atoms with Gasteiger partial charge >= 0.3 is 0 Å². The minimum absolute atomic E-state index is 0.0948. The van der Waals surface area contributed by atoms with Gasteiger partial charge in [0.15, 0.2) is 0 Å². The van der Waals surface area contributed by atoms with E-state index in [1.54, 1.807) is 19.2 Å². The molecule has 0 aliphatic rings. The summed E-state index contributed by atoms with van der Waals surface area (Å²) >= 11 is 0. The minimum atomic E-state index is -0.0948. The van der Waals surface area contributed by atoms with Crippen LogP contribution in [-0.2, 0) is 0 Å². The van der Waals surface area contributed by atoms with Gasteiger partial charge < -0.3 is 20.9 Å². The van der Waals surface area contributed by atoms with Crippen molar-refractivity contribution in [1.29, 1.82) is 0 Å². The van der Waals surface area contributed by atoms with Crippen LogP contribution in [0.4, 0.5) is 11.4 Å². The average Bonchev–Trinajstić information content (AvgIpc) is 2.40. The third-order valence-electron chi connectivity index (χ3n) is 3.33. The van der Waals surface area contributed by atoms with Crippen molar-refractivity contribution >= 4 is 17.3 Å². The summed E-state index contributed by atoms with van der Waals surface area (Å²) in [5, 5.41) is 2.64. The van der Waals surface area contributed by atoms with Crippen LogP contribution in [0.2, 0.25) is 0 Å². The van der Waals surface area contributed by atoms with E-state index in [0.29, 0.717) is 17.3 Å². The summed E-state index contributed by atoms with van der Waals surface area (Å²) in [6.07, 6.45) is 0. The van der Waals surface area contributed by atoms with Crippen LogP contribution in [0.5, 0.6) is 0 Å². The third kappa shape index (κ3) is 3.87. The molecule has 0 aromatic heterocycles. The highest BCUT2D eigenvalue weighted by molar-refractivity contribution is 5.96. The van der Waals surface area contributed by atoms with Gasteiger partial charge in [-0.1, -0.05) is 0 Å². The standard InChI is InChI=1S/C15H26N4O/c1-6-19(11(2)10-18(4)5)14-9-12(15(20)17-3)7-8-13(14)16/h7-9,11H,6,10,16H2,1-5H3,(H,17,20). The van der Waals surface area contributed by atoms with E-state index in [2.05, 4.69) is 43.1 Å². The number of nitrogen functional groups attached to an aromatic ring is 1. The van der Waals surface area contributed by atoms with Gasteiger partial charge in [-0.15, -0.1) is 0 Å². The first kappa shape index (κ1) is 16.3. The number of hydrogen-bond donors (Lipinski definition) is 2. The van der Waals surface area contributed by atoms with E-state index >= 15 is 0 Å². The Labute approximate surface area is 121 Å². The minimum Gasteiger partial charge on any atom is -0.397 e. The van der Waals surface area contributed by atoms with Crippen molar-refractivity contribution < 1.29 is 4.79 Å². The van der Waals surface area contributed by atoms with Crippen LogP contribution >= 0.6 is 0 Å². The summed E-state index contributed by atoms with van der Waals surface area (Å²) in [6.45, 7) is 6.03. The Hall–Kier alpha value is -1.75. The molecule has 1 unspecified atom stereocenters. The molecule has 0 bridgehead atoms. The molecular formula is C15H26N4O. The van der Waals surface area contributed by atoms with Crippen molar-refractivity contribution in [3.8, 4) is 0 Å². The number of benzene rings is 1. The molecule has 1 rings (SSSR count). The number of carbonyl (C=O) groups excluding carboxylic acids is 1. The number of anilines is 2. The maximum Gasteiger partial charge on any atom is 0.251 e. The molecule has 1 aromatic rings. The number of nitrogens with zero attached hydrogens (tertiary/aromatic N) is 2. The topological polar surface area (TPSA) is 61.6 Å². The molecule has 0 aliphatic carbocycles. The van der Waals surface area contributed by atoms with Gasteiger partial charge in [0.05, 0.1) is 11.4 Å². The van der Waals surface area contributed by atoms with E-state index in [4.69, 9.17) is 5.73 Å². The highest BCUT2D eigenvalue weighted by atomic mass is 16.1. The molecule has 0 radical (unpaired) electrons. The quantitative estimate of drug-likeness (QED) is 0.772. The molecule has 1 amide bonds. The molecule has 0 saturated carbocycles. The molecule has 0 fully saturated rings. The second-order valence-electron chi connectivity index (χ2n) is 5.25. The van der Waals surface area contributed by atoms with Gasteiger partial charge in [-0.25, -0.2) is 0 Å². The van der Waals surface area contributed by atoms with Crippen LogP contribution in [0.15, 0.2) is 18.2 Å². The van der Waals surface area contributed by atoms with E-state index in [1.165, 1.54) is 0 Å². The lowest BCUT2D eigenvalue weighted by Gasteiger charge is -2.33. The van der Waals surface area contributed by atoms with E-state index in [1.807, 2.05) is 6.07 Å². The number of nitrogens with two attached hydrogens (primary N) is 1. The van der Waals surface area contributed by atoms with Crippen molar-refractivity contribution in [3.63, 3.8) is 0 Å². The molecule has 0 spiro atoms. The van der Waals surface area contributed by atoms with Crippen molar-refractivity contribution in [2.75, 3.05) is 44.9 Å². The Morgan fingerprint density at radius 2 is 2.05 bits per heavy atom. The SMILES string of the molecule is CCN(c1cc(C(=O)NC)ccc1N)C(C)CN(C)C. The molecule has 0 saturated heterocycles. The summed E-state index contributed by atoms with van der Waals surface area (Å²) in [5.41, 5.74) is 8.34. The third-order valence-corrected chi connectivity index (χ3v) is 3.33. The van der Waals surface area contributed by atoms with E-state index in [0.717, 1.165) is 18.8 Å². The first-order valence-corrected chi connectivity index (χ1v) is 6.93. The molecule has 1 aromatic carbocycles. The Morgan fingerprint density at radius 1 is 1.40 bits per heavy atom. The average molecular weight is 278 g/mol. The van der Waals surface area contributed by atoms with Gasteiger partial charge in [0.1, 0.15) is 0 Å². The van der Waals surface area contributed by atoms with Crippen LogP contribution in [0.25, 0.3) is 0 Å². The smallest absolute Gasteiger partial charge is 0.251 e. The Balaban J connectivity index is 3.10. The van der Waals surface area contributed by atoms with E-state index < -0.39 is 0 Å². The molecule has 5 heteroatoms. The van der Waals surface area contributed by atoms with Crippen molar-refractivity contribution in [2.45, 2.75) is 19.9 Å². The molecule has 20 heavy (non-hydrogen) atoms. The predicted molar refractivity (Wildman–Crippen MR) is 85.3 cm³/mol. The van der Waals surface area contributed by atoms with Gasteiger partial charge in [-0.05, 0) is 46.1 Å². The Kier molecular flexibility index (Phi) is 5.82. The van der Waals surface area contributed by atoms with Crippen molar-refractivity contribution in [1.82, 2.24) is 10.2 Å². The first-order chi connectivity index (χ1) is 9.40. The van der Waals surface area contributed by atoms with Crippen molar-refractivity contribution in [2.24, 2.45) is 0 Å². The van der Waals surface area contributed by atoms with Crippen LogP contribution < -0.4 is 16.0 Å². The highest BCUT2D eigenvalue weighted by Gasteiger charge is 2.17. The van der Waals surface area contributed by atoms with Crippen LogP contribution in [0, 0.1) is 0 Å². The maximum atomic E-state index is 11.8. The monoisotopic (exact) mass is 278 g/mol. The largest absolute Gasteiger partial charge is 0.397 e. The van der Waals surface area contributed by atoms with Crippen LogP contribution in [-0.4, -0.2) is 51.1 Å². The fourth-order valence-electron chi connectivity index (χ4n) is 2.42. The van der Waals surface area contributed by atoms with Crippen LogP contribution in [0.3, 0.4) is 0 Å². The Morgan fingerprint density at radius 3 is 2.55 bits per heavy atom. The van der Waals surface area contributed by atoms with Gasteiger partial charge in [0.2, 0.25) is 0 Å². The molecule has 5 nitrogen and oxygen atoms in total. The number of carbonyl (C=O) groups is 1. The Bertz CT molecular complexity index is 459. The second-order valence-corrected chi connectivity index (χ2v) is 5.25. The summed E-state index contributed by atoms with van der Waals surface area (Å²) in [7, 11) is 5.73. The number of nitrogens with one attached hydrogen (secondary N) is 1. The zero-order chi connectivity index (χ0) is 15.3. The zero-order valence-corrected chi connectivity index (χ0v) is 13.1. The zero-order valence-electron chi connectivity index (χ0n) is 13.1.